The van der Waals surface area contributed by atoms with Crippen molar-refractivity contribution in [3.8, 4) is 0 Å². The Bertz CT molecular complexity index is 281. The molecular formula is C8H14N4O2. The number of carbonyl (C=O) groups excluding carboxylic acids is 2. The van der Waals surface area contributed by atoms with Gasteiger partial charge in [-0.15, -0.1) is 0 Å². The van der Waals surface area contributed by atoms with Crippen LogP contribution in [0.5, 0.6) is 0 Å². The van der Waals surface area contributed by atoms with Gasteiger partial charge in [0.05, 0.1) is 6.04 Å². The number of nitrogens with two attached hydrogens (primary N) is 1. The Morgan fingerprint density at radius 2 is 2.29 bits per heavy atom. The SMILES string of the molecule is CN1C(=O)N2C[C@H]1CC[C@H]2C(=O)NN. The van der Waals surface area contributed by atoms with Gasteiger partial charge in [0.25, 0.3) is 5.91 Å². The number of nitrogens with zero attached hydrogens (tertiary/aromatic N) is 2. The highest BCUT2D eigenvalue weighted by molar-refractivity contribution is 5.88. The maximum atomic E-state index is 11.6. The van der Waals surface area contributed by atoms with E-state index >= 15 is 0 Å². The molecule has 0 aromatic heterocycles. The average Bonchev–Trinajstić information content (AvgIpc) is 2.44. The Morgan fingerprint density at radius 3 is 2.93 bits per heavy atom. The summed E-state index contributed by atoms with van der Waals surface area (Å²) in [5.41, 5.74) is 2.10. The lowest BCUT2D eigenvalue weighted by Crippen LogP contribution is -2.51. The molecule has 14 heavy (non-hydrogen) atoms. The molecule has 6 nitrogen and oxygen atoms in total. The van der Waals surface area contributed by atoms with Gasteiger partial charge < -0.3 is 9.80 Å². The standard InChI is InChI=1S/C8H14N4O2/c1-11-5-2-3-6(7(13)10-9)12(4-5)8(11)14/h5-6H,2-4,9H2,1H3,(H,10,13)/t5-,6+/m1/s1. The van der Waals surface area contributed by atoms with E-state index in [4.69, 9.17) is 5.84 Å². The molecule has 2 atom stereocenters. The Kier molecular flexibility index (Phi) is 2.07. The lowest BCUT2D eigenvalue weighted by molar-refractivity contribution is -0.126. The number of urea groups is 1. The third kappa shape index (κ3) is 1.14. The van der Waals surface area contributed by atoms with E-state index < -0.39 is 0 Å². The van der Waals surface area contributed by atoms with E-state index in [9.17, 15) is 9.59 Å². The number of hydrogen-bond donors (Lipinski definition) is 2. The maximum Gasteiger partial charge on any atom is 0.320 e. The molecule has 2 saturated heterocycles. The molecule has 2 fully saturated rings. The third-order valence-electron chi connectivity index (χ3n) is 3.10. The van der Waals surface area contributed by atoms with Gasteiger partial charge in [0.2, 0.25) is 0 Å². The molecule has 0 saturated carbocycles. The molecule has 78 valence electrons. The normalized spacial score (nSPS) is 30.9. The molecule has 6 heteroatoms. The van der Waals surface area contributed by atoms with Crippen molar-refractivity contribution in [3.63, 3.8) is 0 Å². The number of rotatable bonds is 1. The molecule has 3 N–H and O–H groups in total. The molecule has 2 bridgehead atoms. The van der Waals surface area contributed by atoms with Crippen molar-refractivity contribution in [2.45, 2.75) is 24.9 Å². The molecule has 0 aromatic carbocycles. The third-order valence-corrected chi connectivity index (χ3v) is 3.10. The average molecular weight is 198 g/mol. The summed E-state index contributed by atoms with van der Waals surface area (Å²) >= 11 is 0. The van der Waals surface area contributed by atoms with E-state index in [0.717, 1.165) is 6.42 Å². The topological polar surface area (TPSA) is 78.7 Å². The Balaban J connectivity index is 2.17. The fourth-order valence-corrected chi connectivity index (χ4v) is 2.21. The van der Waals surface area contributed by atoms with Crippen molar-refractivity contribution in [3.05, 3.63) is 0 Å². The van der Waals surface area contributed by atoms with E-state index in [0.29, 0.717) is 13.0 Å². The van der Waals surface area contributed by atoms with Crippen LogP contribution in [-0.4, -0.2) is 47.4 Å². The minimum absolute atomic E-state index is 0.0684. The molecule has 2 rings (SSSR count). The van der Waals surface area contributed by atoms with Crippen molar-refractivity contribution >= 4 is 11.9 Å². The van der Waals surface area contributed by atoms with Gasteiger partial charge in [-0.25, -0.2) is 10.6 Å². The second-order valence-electron chi connectivity index (χ2n) is 3.80. The molecule has 2 aliphatic rings. The number of hydrogen-bond acceptors (Lipinski definition) is 3. The number of carbonyl (C=O) groups is 2. The predicted octanol–water partition coefficient (Wildman–Crippen LogP) is -1.13. The van der Waals surface area contributed by atoms with E-state index in [1.807, 2.05) is 0 Å². The second kappa shape index (κ2) is 3.13. The van der Waals surface area contributed by atoms with Gasteiger partial charge in [-0.05, 0) is 12.8 Å². The van der Waals surface area contributed by atoms with E-state index in [-0.39, 0.29) is 24.0 Å². The maximum absolute atomic E-state index is 11.6. The first-order valence-corrected chi connectivity index (χ1v) is 4.69. The lowest BCUT2D eigenvalue weighted by atomic mass is 10.0. The van der Waals surface area contributed by atoms with Crippen LogP contribution < -0.4 is 11.3 Å². The van der Waals surface area contributed by atoms with Crippen molar-refractivity contribution in [2.24, 2.45) is 5.84 Å². The minimum atomic E-state index is -0.381. The van der Waals surface area contributed by atoms with Crippen LogP contribution in [-0.2, 0) is 4.79 Å². The monoisotopic (exact) mass is 198 g/mol. The van der Waals surface area contributed by atoms with Gasteiger partial charge >= 0.3 is 6.03 Å². The zero-order valence-corrected chi connectivity index (χ0v) is 8.06. The summed E-state index contributed by atoms with van der Waals surface area (Å²) in [4.78, 5) is 26.3. The summed E-state index contributed by atoms with van der Waals surface area (Å²) in [7, 11) is 1.77. The van der Waals surface area contributed by atoms with Crippen molar-refractivity contribution < 1.29 is 9.59 Å². The first-order valence-electron chi connectivity index (χ1n) is 4.69. The highest BCUT2D eigenvalue weighted by atomic mass is 16.2. The molecule has 2 heterocycles. The Hall–Kier alpha value is -1.30. The number of piperidine rings is 1. The van der Waals surface area contributed by atoms with Crippen LogP contribution in [0.15, 0.2) is 0 Å². The first kappa shape index (κ1) is 9.26. The molecule has 3 amide bonds. The quantitative estimate of drug-likeness (QED) is 0.318. The van der Waals surface area contributed by atoms with Gasteiger partial charge in [-0.2, -0.15) is 0 Å². The minimum Gasteiger partial charge on any atom is -0.323 e. The second-order valence-corrected chi connectivity index (χ2v) is 3.80. The number of likely N-dealkylation sites (N-methyl/N-ethyl adjacent to an activating group) is 1. The molecular weight excluding hydrogens is 184 g/mol. The number of fused-ring (bicyclic) bond motifs is 2. The Morgan fingerprint density at radius 1 is 1.57 bits per heavy atom. The van der Waals surface area contributed by atoms with Crippen LogP contribution in [0.2, 0.25) is 0 Å². The molecule has 0 aromatic rings. The molecule has 0 spiro atoms. The van der Waals surface area contributed by atoms with Crippen LogP contribution in [0.25, 0.3) is 0 Å². The smallest absolute Gasteiger partial charge is 0.320 e. The summed E-state index contributed by atoms with van der Waals surface area (Å²) in [6.45, 7) is 0.646. The number of hydrazine groups is 1. The van der Waals surface area contributed by atoms with Crippen molar-refractivity contribution in [1.29, 1.82) is 0 Å². The Labute approximate surface area is 82.0 Å². The lowest BCUT2D eigenvalue weighted by Gasteiger charge is -2.28. The summed E-state index contributed by atoms with van der Waals surface area (Å²) in [6.07, 6.45) is 1.57. The van der Waals surface area contributed by atoms with Gasteiger partial charge in [-0.3, -0.25) is 10.2 Å². The van der Waals surface area contributed by atoms with Crippen LogP contribution >= 0.6 is 0 Å². The van der Waals surface area contributed by atoms with Gasteiger partial charge in [0, 0.05) is 13.6 Å². The predicted molar refractivity (Wildman–Crippen MR) is 49.0 cm³/mol. The fourth-order valence-electron chi connectivity index (χ4n) is 2.21. The molecule has 0 radical (unpaired) electrons. The summed E-state index contributed by atoms with van der Waals surface area (Å²) in [5.74, 6) is 4.79. The van der Waals surface area contributed by atoms with E-state index in [1.165, 1.54) is 0 Å². The van der Waals surface area contributed by atoms with E-state index in [1.54, 1.807) is 16.8 Å². The van der Waals surface area contributed by atoms with Crippen LogP contribution in [0.3, 0.4) is 0 Å². The van der Waals surface area contributed by atoms with Crippen molar-refractivity contribution in [1.82, 2.24) is 15.2 Å². The zero-order chi connectivity index (χ0) is 10.3. The first-order chi connectivity index (χ1) is 6.65. The van der Waals surface area contributed by atoms with Crippen LogP contribution in [0, 0.1) is 0 Å². The summed E-state index contributed by atoms with van der Waals surface area (Å²) in [5, 5.41) is 0. The highest BCUT2D eigenvalue weighted by Crippen LogP contribution is 2.28. The van der Waals surface area contributed by atoms with Crippen molar-refractivity contribution in [2.75, 3.05) is 13.6 Å². The fraction of sp³-hybridized carbons (Fsp3) is 0.750. The number of amides is 3. The van der Waals surface area contributed by atoms with Crippen LogP contribution in [0.1, 0.15) is 12.8 Å². The number of nitrogens with one attached hydrogen (secondary N) is 1. The molecule has 2 aliphatic heterocycles. The molecule has 0 unspecified atom stereocenters. The van der Waals surface area contributed by atoms with Gasteiger partial charge in [0.15, 0.2) is 0 Å². The van der Waals surface area contributed by atoms with Gasteiger partial charge in [0.1, 0.15) is 6.04 Å². The zero-order valence-electron chi connectivity index (χ0n) is 8.06. The van der Waals surface area contributed by atoms with E-state index in [2.05, 4.69) is 5.43 Å². The molecule has 0 aliphatic carbocycles. The summed E-state index contributed by atoms with van der Waals surface area (Å²) < 4.78 is 0. The van der Waals surface area contributed by atoms with Gasteiger partial charge in [-0.1, -0.05) is 0 Å². The van der Waals surface area contributed by atoms with Crippen LogP contribution in [0.4, 0.5) is 4.79 Å². The highest BCUT2D eigenvalue weighted by Gasteiger charge is 2.44. The largest absolute Gasteiger partial charge is 0.323 e. The summed E-state index contributed by atoms with van der Waals surface area (Å²) in [6, 6.07) is -0.181.